The molecule has 33 heavy (non-hydrogen) atoms. The molecule has 0 bridgehead atoms. The number of halogens is 3. The molecule has 2 N–H and O–H groups in total. The number of nitrogens with zero attached hydrogens (tertiary/aromatic N) is 2. The Morgan fingerprint density at radius 2 is 1.79 bits per heavy atom. The van der Waals surface area contributed by atoms with Crippen LogP contribution in [0, 0.1) is 0 Å². The molecule has 7 nitrogen and oxygen atoms in total. The maximum absolute atomic E-state index is 13.8. The number of carboxylic acids is 1. The number of rotatable bonds is 7. The minimum atomic E-state index is -1.06. The fourth-order valence-corrected chi connectivity index (χ4v) is 5.88. The predicted molar refractivity (Wildman–Crippen MR) is 139 cm³/mol. The van der Waals surface area contributed by atoms with Crippen molar-refractivity contribution in [2.45, 2.75) is 48.4 Å². The number of carboxylic acid groups (broad SMARTS) is 1. The summed E-state index contributed by atoms with van der Waals surface area (Å²) >= 11 is 10.4. The van der Waals surface area contributed by atoms with E-state index >= 15 is 0 Å². The van der Waals surface area contributed by atoms with Gasteiger partial charge < -0.3 is 10.4 Å². The van der Waals surface area contributed by atoms with E-state index in [2.05, 4.69) is 53.1 Å². The monoisotopic (exact) mass is 641 g/mol. The fraction of sp³-hybridized carbons (Fsp3) is 0.348. The summed E-state index contributed by atoms with van der Waals surface area (Å²) in [6.07, 6.45) is 1.20. The molecule has 0 saturated heterocycles. The van der Waals surface area contributed by atoms with Gasteiger partial charge in [-0.05, 0) is 43.2 Å². The molecule has 0 radical (unpaired) electrons. The van der Waals surface area contributed by atoms with Crippen LogP contribution in [0.25, 0.3) is 11.0 Å². The first kappa shape index (κ1) is 24.2. The number of aromatic nitrogens is 2. The van der Waals surface area contributed by atoms with Gasteiger partial charge in [-0.3, -0.25) is 18.7 Å². The second-order valence-corrected chi connectivity index (χ2v) is 12.5. The number of carbonyl (C=O) groups is 2. The fourth-order valence-electron chi connectivity index (χ4n) is 4.58. The van der Waals surface area contributed by atoms with Crippen LogP contribution in [0.15, 0.2) is 45.7 Å². The van der Waals surface area contributed by atoms with Crippen molar-refractivity contribution in [2.75, 3.05) is 5.32 Å². The Bertz CT molecular complexity index is 1330. The maximum Gasteiger partial charge on any atom is 0.329 e. The van der Waals surface area contributed by atoms with E-state index in [1.54, 1.807) is 9.13 Å². The zero-order valence-electron chi connectivity index (χ0n) is 17.9. The SMILES string of the molecule is CCCC(CC(=O)O)n1c(=O)n(C(C)c2cc(Br)cc3c2NC(=O)C3(Br)Br)c2ccccc21. The van der Waals surface area contributed by atoms with Crippen molar-refractivity contribution in [3.8, 4) is 0 Å². The summed E-state index contributed by atoms with van der Waals surface area (Å²) in [5.41, 5.74) is 3.26. The molecule has 2 atom stereocenters. The number of aliphatic carboxylic acids is 1. The van der Waals surface area contributed by atoms with E-state index in [0.717, 1.165) is 22.0 Å². The third-order valence-electron chi connectivity index (χ3n) is 6.04. The normalized spacial score (nSPS) is 16.5. The zero-order valence-corrected chi connectivity index (χ0v) is 22.7. The lowest BCUT2D eigenvalue weighted by Gasteiger charge is -2.19. The molecule has 0 fully saturated rings. The highest BCUT2D eigenvalue weighted by atomic mass is 79.9. The molecular weight excluding hydrogens is 622 g/mol. The molecule has 174 valence electrons. The van der Waals surface area contributed by atoms with E-state index in [1.807, 2.05) is 50.2 Å². The molecule has 1 amide bonds. The van der Waals surface area contributed by atoms with Crippen LogP contribution < -0.4 is 11.0 Å². The van der Waals surface area contributed by atoms with E-state index in [1.165, 1.54) is 0 Å². The predicted octanol–water partition coefficient (Wildman–Crippen LogP) is 5.89. The Labute approximate surface area is 215 Å². The minimum Gasteiger partial charge on any atom is -0.481 e. The van der Waals surface area contributed by atoms with Crippen LogP contribution >= 0.6 is 47.8 Å². The summed E-state index contributed by atoms with van der Waals surface area (Å²) in [6.45, 7) is 3.88. The highest BCUT2D eigenvalue weighted by Crippen LogP contribution is 2.51. The lowest BCUT2D eigenvalue weighted by molar-refractivity contribution is -0.138. The number of fused-ring (bicyclic) bond motifs is 2. The van der Waals surface area contributed by atoms with E-state index in [-0.39, 0.29) is 18.0 Å². The lowest BCUT2D eigenvalue weighted by Crippen LogP contribution is -2.30. The molecule has 2 unspecified atom stereocenters. The van der Waals surface area contributed by atoms with Crippen molar-refractivity contribution in [1.29, 1.82) is 0 Å². The van der Waals surface area contributed by atoms with Gasteiger partial charge in [-0.2, -0.15) is 0 Å². The molecule has 1 aliphatic rings. The van der Waals surface area contributed by atoms with Gasteiger partial charge >= 0.3 is 11.7 Å². The molecular formula is C23H22Br3N3O4. The lowest BCUT2D eigenvalue weighted by atomic mass is 10.0. The smallest absolute Gasteiger partial charge is 0.329 e. The summed E-state index contributed by atoms with van der Waals surface area (Å²) in [5, 5.41) is 12.4. The number of anilines is 1. The number of benzene rings is 2. The first-order valence-electron chi connectivity index (χ1n) is 10.5. The number of para-hydroxylation sites is 2. The first-order chi connectivity index (χ1) is 15.6. The molecule has 4 rings (SSSR count). The molecule has 10 heteroatoms. The van der Waals surface area contributed by atoms with Crippen LogP contribution in [0.3, 0.4) is 0 Å². The number of amides is 1. The third kappa shape index (κ3) is 4.10. The molecule has 0 spiro atoms. The standard InChI is InChI=1S/C23H22Br3N3O4/c1-3-6-14(11-19(30)31)29-18-8-5-4-7-17(18)28(22(29)33)12(2)15-9-13(24)10-16-20(15)27-21(32)23(16,25)26/h4-5,7-10,12,14H,3,6,11H2,1-2H3,(H,27,32)(H,30,31). The Hall–Kier alpha value is -1.91. The third-order valence-corrected chi connectivity index (χ3v) is 8.08. The van der Waals surface area contributed by atoms with Crippen molar-refractivity contribution >= 4 is 76.4 Å². The van der Waals surface area contributed by atoms with E-state index in [4.69, 9.17) is 0 Å². The summed E-state index contributed by atoms with van der Waals surface area (Å²) in [6, 6.07) is 10.3. The van der Waals surface area contributed by atoms with Gasteiger partial charge in [0.25, 0.3) is 5.91 Å². The highest BCUT2D eigenvalue weighted by Gasteiger charge is 2.44. The molecule has 2 heterocycles. The second kappa shape index (κ2) is 9.03. The van der Waals surface area contributed by atoms with Crippen molar-refractivity contribution in [3.63, 3.8) is 0 Å². The van der Waals surface area contributed by atoms with Gasteiger partial charge in [0.1, 0.15) is 0 Å². The van der Waals surface area contributed by atoms with Gasteiger partial charge in [0, 0.05) is 16.1 Å². The van der Waals surface area contributed by atoms with Gasteiger partial charge in [0.05, 0.1) is 29.2 Å². The summed E-state index contributed by atoms with van der Waals surface area (Å²) in [4.78, 5) is 37.9. The number of imidazole rings is 1. The number of hydrogen-bond donors (Lipinski definition) is 2. The van der Waals surface area contributed by atoms with Gasteiger partial charge in [0.15, 0.2) is 3.23 Å². The molecule has 0 aliphatic carbocycles. The quantitative estimate of drug-likeness (QED) is 0.314. The Morgan fingerprint density at radius 3 is 2.39 bits per heavy atom. The van der Waals surface area contributed by atoms with Crippen molar-refractivity contribution in [3.05, 3.63) is 62.5 Å². The topological polar surface area (TPSA) is 93.3 Å². The molecule has 0 saturated carbocycles. The van der Waals surface area contributed by atoms with E-state index < -0.39 is 21.3 Å². The van der Waals surface area contributed by atoms with Gasteiger partial charge in [-0.15, -0.1) is 0 Å². The van der Waals surface area contributed by atoms with Crippen LogP contribution in [0.5, 0.6) is 0 Å². The second-order valence-electron chi connectivity index (χ2n) is 8.17. The zero-order chi connectivity index (χ0) is 24.1. The van der Waals surface area contributed by atoms with Gasteiger partial charge in [-0.1, -0.05) is 73.3 Å². The van der Waals surface area contributed by atoms with Crippen molar-refractivity contribution < 1.29 is 14.7 Å². The molecule has 2 aromatic carbocycles. The van der Waals surface area contributed by atoms with Crippen LogP contribution in [-0.2, 0) is 12.8 Å². The molecule has 3 aromatic rings. The Kier molecular flexibility index (Phi) is 6.63. The maximum atomic E-state index is 13.8. The summed E-state index contributed by atoms with van der Waals surface area (Å²) in [5.74, 6) is -1.19. The number of carbonyl (C=O) groups excluding carboxylic acids is 1. The number of alkyl halides is 2. The van der Waals surface area contributed by atoms with E-state index in [0.29, 0.717) is 23.1 Å². The van der Waals surface area contributed by atoms with Gasteiger partial charge in [-0.25, -0.2) is 4.79 Å². The van der Waals surface area contributed by atoms with Crippen molar-refractivity contribution in [2.24, 2.45) is 0 Å². The van der Waals surface area contributed by atoms with Crippen LogP contribution in [0.1, 0.15) is 56.3 Å². The first-order valence-corrected chi connectivity index (χ1v) is 12.9. The molecule has 1 aromatic heterocycles. The number of nitrogens with one attached hydrogen (secondary N) is 1. The summed E-state index contributed by atoms with van der Waals surface area (Å²) in [7, 11) is 0. The van der Waals surface area contributed by atoms with Gasteiger partial charge in [0.2, 0.25) is 0 Å². The highest BCUT2D eigenvalue weighted by molar-refractivity contribution is 9.25. The van der Waals surface area contributed by atoms with Crippen LogP contribution in [0.4, 0.5) is 5.69 Å². The van der Waals surface area contributed by atoms with Crippen LogP contribution in [-0.4, -0.2) is 26.1 Å². The number of hydrogen-bond acceptors (Lipinski definition) is 3. The summed E-state index contributed by atoms with van der Waals surface area (Å²) < 4.78 is 3.01. The van der Waals surface area contributed by atoms with Crippen molar-refractivity contribution in [1.82, 2.24) is 9.13 Å². The minimum absolute atomic E-state index is 0.131. The Morgan fingerprint density at radius 1 is 1.15 bits per heavy atom. The average molecular weight is 644 g/mol. The van der Waals surface area contributed by atoms with E-state index in [9.17, 15) is 19.5 Å². The largest absolute Gasteiger partial charge is 0.481 e. The Balaban J connectivity index is 1.95. The molecule has 1 aliphatic heterocycles. The average Bonchev–Trinajstić information content (AvgIpc) is 3.16. The van der Waals surface area contributed by atoms with Crippen LogP contribution in [0.2, 0.25) is 0 Å².